The summed E-state index contributed by atoms with van der Waals surface area (Å²) in [5, 5.41) is 27.5. The third-order valence-corrected chi connectivity index (χ3v) is 11.6. The summed E-state index contributed by atoms with van der Waals surface area (Å²) < 4.78 is 4.61. The standard InChI is InChI=1S/C52H32N6O4/c59-57(60)40-24-14-33(15-25-40)46-32-47(34-16-26-41(27-17-34)58(61)62)54-52(53-46)35-18-22-39(23-19-35)56-48-12-6-4-10-42(48)44-28-20-37(31-51(44)56)36-21-29-50-45(30-36)43-11-5-7-13-49(43)55(50)38-8-2-1-3-9-38/h1-32H. The van der Waals surface area contributed by atoms with Crippen molar-refractivity contribution in [1.29, 1.82) is 0 Å². The molecule has 0 radical (unpaired) electrons. The summed E-state index contributed by atoms with van der Waals surface area (Å²) in [5.41, 5.74) is 11.9. The Hall–Kier alpha value is -8.76. The van der Waals surface area contributed by atoms with E-state index in [0.29, 0.717) is 28.3 Å². The molecule has 0 saturated carbocycles. The lowest BCUT2D eigenvalue weighted by molar-refractivity contribution is -0.385. The number of hydrogen-bond donors (Lipinski definition) is 0. The minimum absolute atomic E-state index is 0.0281. The molecule has 0 aliphatic carbocycles. The van der Waals surface area contributed by atoms with Crippen molar-refractivity contribution in [3.05, 3.63) is 214 Å². The van der Waals surface area contributed by atoms with Gasteiger partial charge in [0.15, 0.2) is 5.82 Å². The van der Waals surface area contributed by atoms with E-state index in [9.17, 15) is 20.2 Å². The number of benzene rings is 8. The van der Waals surface area contributed by atoms with Crippen LogP contribution in [0.1, 0.15) is 0 Å². The molecule has 3 aromatic heterocycles. The van der Waals surface area contributed by atoms with Crippen LogP contribution >= 0.6 is 0 Å². The van der Waals surface area contributed by atoms with E-state index in [1.165, 1.54) is 35.0 Å². The van der Waals surface area contributed by atoms with Crippen LogP contribution in [0.3, 0.4) is 0 Å². The highest BCUT2D eigenvalue weighted by molar-refractivity contribution is 6.12. The number of nitro benzene ring substituents is 2. The van der Waals surface area contributed by atoms with Gasteiger partial charge in [0.25, 0.3) is 11.4 Å². The molecule has 11 aromatic rings. The average Bonchev–Trinajstić information content (AvgIpc) is 3.84. The first-order chi connectivity index (χ1) is 30.4. The van der Waals surface area contributed by atoms with E-state index in [1.807, 2.05) is 18.2 Å². The normalized spacial score (nSPS) is 11.5. The number of nitrogens with zero attached hydrogens (tertiary/aromatic N) is 6. The SMILES string of the molecule is O=[N+]([O-])c1ccc(-c2cc(-c3ccc([N+](=O)[O-])cc3)nc(-c3ccc(-n4c5ccccc5c5ccc(-c6ccc7c(c6)c6ccccc6n7-c6ccccc6)cc54)cc3)n2)cc1. The third kappa shape index (κ3) is 6.13. The van der Waals surface area contributed by atoms with Gasteiger partial charge in [-0.25, -0.2) is 9.97 Å². The van der Waals surface area contributed by atoms with Gasteiger partial charge in [-0.2, -0.15) is 0 Å². The van der Waals surface area contributed by atoms with Crippen molar-refractivity contribution in [3.8, 4) is 56.4 Å². The predicted molar refractivity (Wildman–Crippen MR) is 246 cm³/mol. The van der Waals surface area contributed by atoms with Gasteiger partial charge < -0.3 is 9.13 Å². The van der Waals surface area contributed by atoms with E-state index in [4.69, 9.17) is 9.97 Å². The summed E-state index contributed by atoms with van der Waals surface area (Å²) in [6.45, 7) is 0. The summed E-state index contributed by atoms with van der Waals surface area (Å²) in [4.78, 5) is 31.7. The zero-order valence-corrected chi connectivity index (χ0v) is 32.8. The molecule has 0 aliphatic heterocycles. The lowest BCUT2D eigenvalue weighted by Crippen LogP contribution is -1.98. The van der Waals surface area contributed by atoms with Gasteiger partial charge in [-0.1, -0.05) is 72.8 Å². The van der Waals surface area contributed by atoms with Crippen LogP contribution < -0.4 is 0 Å². The molecule has 0 N–H and O–H groups in total. The van der Waals surface area contributed by atoms with Crippen LogP contribution in [0.25, 0.3) is 100 Å². The minimum atomic E-state index is -0.442. The molecule has 0 fully saturated rings. The fourth-order valence-electron chi connectivity index (χ4n) is 8.58. The fourth-order valence-corrected chi connectivity index (χ4v) is 8.58. The highest BCUT2D eigenvalue weighted by Gasteiger charge is 2.18. The van der Waals surface area contributed by atoms with E-state index in [1.54, 1.807) is 30.3 Å². The molecule has 62 heavy (non-hydrogen) atoms. The number of aromatic nitrogens is 4. The van der Waals surface area contributed by atoms with Crippen LogP contribution in [0.5, 0.6) is 0 Å². The first-order valence-electron chi connectivity index (χ1n) is 20.0. The summed E-state index contributed by atoms with van der Waals surface area (Å²) >= 11 is 0. The molecule has 294 valence electrons. The van der Waals surface area contributed by atoms with Crippen LogP contribution in [-0.4, -0.2) is 28.9 Å². The second kappa shape index (κ2) is 14.5. The fraction of sp³-hybridized carbons (Fsp3) is 0. The van der Waals surface area contributed by atoms with Gasteiger partial charge in [-0.05, 0) is 108 Å². The summed E-state index contributed by atoms with van der Waals surface area (Å²) in [6, 6.07) is 63.2. The van der Waals surface area contributed by atoms with Crippen molar-refractivity contribution in [1.82, 2.24) is 19.1 Å². The van der Waals surface area contributed by atoms with Crippen molar-refractivity contribution in [2.24, 2.45) is 0 Å². The molecule has 11 rings (SSSR count). The predicted octanol–water partition coefficient (Wildman–Crippen LogP) is 13.2. The Kier molecular flexibility index (Phi) is 8.50. The summed E-state index contributed by atoms with van der Waals surface area (Å²) in [7, 11) is 0. The maximum absolute atomic E-state index is 11.4. The Morgan fingerprint density at radius 3 is 1.39 bits per heavy atom. The van der Waals surface area contributed by atoms with Gasteiger partial charge in [-0.3, -0.25) is 20.2 Å². The second-order valence-electron chi connectivity index (χ2n) is 15.1. The molecule has 10 heteroatoms. The molecule has 0 aliphatic rings. The zero-order valence-electron chi connectivity index (χ0n) is 32.8. The molecular formula is C52H32N6O4. The average molecular weight is 805 g/mol. The molecular weight excluding hydrogens is 773 g/mol. The highest BCUT2D eigenvalue weighted by Crippen LogP contribution is 2.39. The van der Waals surface area contributed by atoms with E-state index in [2.05, 4.69) is 130 Å². The van der Waals surface area contributed by atoms with Gasteiger partial charge in [0.05, 0.1) is 43.3 Å². The van der Waals surface area contributed by atoms with Crippen molar-refractivity contribution in [3.63, 3.8) is 0 Å². The van der Waals surface area contributed by atoms with Crippen LogP contribution in [0.4, 0.5) is 11.4 Å². The number of hydrogen-bond acceptors (Lipinski definition) is 6. The molecule has 10 nitrogen and oxygen atoms in total. The Morgan fingerprint density at radius 2 is 0.790 bits per heavy atom. The van der Waals surface area contributed by atoms with Gasteiger partial charge in [0, 0.05) is 73.9 Å². The molecule has 0 spiro atoms. The minimum Gasteiger partial charge on any atom is -0.309 e. The zero-order chi connectivity index (χ0) is 41.9. The van der Waals surface area contributed by atoms with Crippen LogP contribution in [0.2, 0.25) is 0 Å². The molecule has 3 heterocycles. The van der Waals surface area contributed by atoms with Crippen LogP contribution in [0, 0.1) is 20.2 Å². The Labute approximate surface area is 353 Å². The Bertz CT molecular complexity index is 3480. The maximum Gasteiger partial charge on any atom is 0.269 e. The first-order valence-corrected chi connectivity index (χ1v) is 20.0. The van der Waals surface area contributed by atoms with Crippen molar-refractivity contribution >= 4 is 55.0 Å². The molecule has 0 atom stereocenters. The van der Waals surface area contributed by atoms with E-state index >= 15 is 0 Å². The van der Waals surface area contributed by atoms with Gasteiger partial charge in [0.2, 0.25) is 0 Å². The lowest BCUT2D eigenvalue weighted by atomic mass is 10.0. The molecule has 8 aromatic carbocycles. The molecule has 0 amide bonds. The van der Waals surface area contributed by atoms with Gasteiger partial charge >= 0.3 is 0 Å². The topological polar surface area (TPSA) is 122 Å². The molecule has 0 saturated heterocycles. The molecule has 0 bridgehead atoms. The highest BCUT2D eigenvalue weighted by atomic mass is 16.6. The Balaban J connectivity index is 1.02. The number of non-ortho nitro benzene ring substituents is 2. The van der Waals surface area contributed by atoms with E-state index in [-0.39, 0.29) is 11.4 Å². The second-order valence-corrected chi connectivity index (χ2v) is 15.1. The Morgan fingerprint density at radius 1 is 0.355 bits per heavy atom. The summed E-state index contributed by atoms with van der Waals surface area (Å²) in [5.74, 6) is 0.439. The van der Waals surface area contributed by atoms with Crippen molar-refractivity contribution in [2.75, 3.05) is 0 Å². The smallest absolute Gasteiger partial charge is 0.269 e. The number of nitro groups is 2. The third-order valence-electron chi connectivity index (χ3n) is 11.6. The monoisotopic (exact) mass is 804 g/mol. The molecule has 0 unspecified atom stereocenters. The van der Waals surface area contributed by atoms with E-state index < -0.39 is 9.85 Å². The number of fused-ring (bicyclic) bond motifs is 6. The largest absolute Gasteiger partial charge is 0.309 e. The van der Waals surface area contributed by atoms with Gasteiger partial charge in [-0.15, -0.1) is 0 Å². The lowest BCUT2D eigenvalue weighted by Gasteiger charge is -2.12. The van der Waals surface area contributed by atoms with Gasteiger partial charge in [0.1, 0.15) is 0 Å². The van der Waals surface area contributed by atoms with Crippen molar-refractivity contribution < 1.29 is 9.85 Å². The summed E-state index contributed by atoms with van der Waals surface area (Å²) in [6.07, 6.45) is 0. The quantitative estimate of drug-likeness (QED) is 0.111. The van der Waals surface area contributed by atoms with E-state index in [0.717, 1.165) is 60.9 Å². The number of para-hydroxylation sites is 3. The first kappa shape index (κ1) is 36.3. The maximum atomic E-state index is 11.4. The van der Waals surface area contributed by atoms with Crippen molar-refractivity contribution in [2.45, 2.75) is 0 Å². The van der Waals surface area contributed by atoms with Crippen LogP contribution in [0.15, 0.2) is 194 Å². The van der Waals surface area contributed by atoms with Crippen LogP contribution in [-0.2, 0) is 0 Å². The number of rotatable bonds is 8.